The van der Waals surface area contributed by atoms with E-state index in [9.17, 15) is 4.79 Å². The van der Waals surface area contributed by atoms with Gasteiger partial charge >= 0.3 is 0 Å². The molecular weight excluding hydrogens is 360 g/mol. The van der Waals surface area contributed by atoms with E-state index in [2.05, 4.69) is 21.2 Å². The smallest absolute Gasteiger partial charge is 0.241 e. The van der Waals surface area contributed by atoms with Crippen LogP contribution in [0.1, 0.15) is 19.8 Å². The van der Waals surface area contributed by atoms with E-state index in [1.807, 2.05) is 6.92 Å². The first-order valence-corrected chi connectivity index (χ1v) is 7.83. The van der Waals surface area contributed by atoms with E-state index in [0.717, 1.165) is 6.42 Å². The number of rotatable bonds is 8. The maximum atomic E-state index is 12.1. The normalized spacial score (nSPS) is 12.0. The van der Waals surface area contributed by atoms with Gasteiger partial charge in [-0.05, 0) is 47.8 Å². The number of anilines is 1. The Balaban J connectivity index is 2.79. The molecule has 0 heterocycles. The van der Waals surface area contributed by atoms with Crippen LogP contribution in [0.25, 0.3) is 0 Å². The van der Waals surface area contributed by atoms with Crippen LogP contribution in [0, 0.1) is 0 Å². The Bertz CT molecular complexity index is 486. The molecule has 0 bridgehead atoms. The van der Waals surface area contributed by atoms with Gasteiger partial charge in [0.05, 0.1) is 22.8 Å². The van der Waals surface area contributed by atoms with Crippen LogP contribution >= 0.6 is 27.5 Å². The summed E-state index contributed by atoms with van der Waals surface area (Å²) in [5.74, 6) is 0.264. The molecule has 1 amide bonds. The van der Waals surface area contributed by atoms with E-state index < -0.39 is 6.04 Å². The first kappa shape index (κ1) is 18.2. The Morgan fingerprint density at radius 1 is 1.52 bits per heavy atom. The number of carbonyl (C=O) groups is 1. The Labute approximate surface area is 138 Å². The number of hydrogen-bond acceptors (Lipinski definition) is 4. The second kappa shape index (κ2) is 9.25. The fourth-order valence-electron chi connectivity index (χ4n) is 1.75. The number of ether oxygens (including phenoxy) is 2. The van der Waals surface area contributed by atoms with Gasteiger partial charge in [0.2, 0.25) is 5.91 Å². The van der Waals surface area contributed by atoms with Crippen LogP contribution < -0.4 is 15.8 Å². The summed E-state index contributed by atoms with van der Waals surface area (Å²) in [6, 6.07) is 2.74. The fourth-order valence-corrected chi connectivity index (χ4v) is 2.67. The van der Waals surface area contributed by atoms with Crippen LogP contribution in [0.4, 0.5) is 5.69 Å². The van der Waals surface area contributed by atoms with E-state index >= 15 is 0 Å². The van der Waals surface area contributed by atoms with Gasteiger partial charge in [0.25, 0.3) is 0 Å². The number of methoxy groups -OCH3 is 1. The van der Waals surface area contributed by atoms with Gasteiger partial charge in [-0.2, -0.15) is 0 Å². The molecule has 0 aliphatic rings. The number of benzene rings is 1. The maximum absolute atomic E-state index is 12.1. The Morgan fingerprint density at radius 3 is 2.86 bits per heavy atom. The summed E-state index contributed by atoms with van der Waals surface area (Å²) in [5.41, 5.74) is 6.36. The topological polar surface area (TPSA) is 73.6 Å². The molecule has 1 rings (SSSR count). The van der Waals surface area contributed by atoms with Crippen molar-refractivity contribution in [1.29, 1.82) is 0 Å². The van der Waals surface area contributed by atoms with Gasteiger partial charge in [-0.3, -0.25) is 4.79 Å². The molecule has 5 nitrogen and oxygen atoms in total. The van der Waals surface area contributed by atoms with Gasteiger partial charge in [-0.25, -0.2) is 0 Å². The minimum absolute atomic E-state index is 0.277. The predicted octanol–water partition coefficient (Wildman–Crippen LogP) is 3.19. The van der Waals surface area contributed by atoms with Crippen molar-refractivity contribution in [3.05, 3.63) is 21.6 Å². The van der Waals surface area contributed by atoms with E-state index in [4.69, 9.17) is 26.8 Å². The molecule has 1 aromatic rings. The maximum Gasteiger partial charge on any atom is 0.241 e. The number of carbonyl (C=O) groups excluding carboxylic acids is 1. The zero-order valence-corrected chi connectivity index (χ0v) is 14.5. The van der Waals surface area contributed by atoms with Crippen molar-refractivity contribution in [3.8, 4) is 5.75 Å². The molecule has 0 radical (unpaired) electrons. The molecule has 1 aromatic carbocycles. The van der Waals surface area contributed by atoms with Crippen molar-refractivity contribution < 1.29 is 14.3 Å². The summed E-state index contributed by atoms with van der Waals surface area (Å²) < 4.78 is 11.1. The van der Waals surface area contributed by atoms with E-state index in [-0.39, 0.29) is 5.91 Å². The molecule has 7 heteroatoms. The molecule has 0 saturated carbocycles. The van der Waals surface area contributed by atoms with Crippen molar-refractivity contribution in [2.45, 2.75) is 25.8 Å². The molecule has 1 atom stereocenters. The highest BCUT2D eigenvalue weighted by Gasteiger charge is 2.17. The summed E-state index contributed by atoms with van der Waals surface area (Å²) in [5, 5.41) is 3.25. The van der Waals surface area contributed by atoms with Gasteiger partial charge in [0.15, 0.2) is 5.75 Å². The van der Waals surface area contributed by atoms with Crippen molar-refractivity contribution in [2.75, 3.05) is 25.6 Å². The van der Waals surface area contributed by atoms with Gasteiger partial charge in [-0.15, -0.1) is 0 Å². The standard InChI is InChI=1S/C14H20BrClN2O3/c1-3-21-13-10(15)7-9(16)8-12(13)18-14(19)11(17)5-4-6-20-2/h7-8,11H,3-6,17H2,1-2H3,(H,18,19). The lowest BCUT2D eigenvalue weighted by molar-refractivity contribution is -0.117. The third kappa shape index (κ3) is 5.82. The molecule has 0 saturated heterocycles. The fraction of sp³-hybridized carbons (Fsp3) is 0.500. The largest absolute Gasteiger partial charge is 0.491 e. The Morgan fingerprint density at radius 2 is 2.24 bits per heavy atom. The van der Waals surface area contributed by atoms with Gasteiger partial charge in [0.1, 0.15) is 0 Å². The summed E-state index contributed by atoms with van der Waals surface area (Å²) in [7, 11) is 1.61. The third-order valence-corrected chi connectivity index (χ3v) is 3.56. The number of halogens is 2. The zero-order valence-electron chi connectivity index (χ0n) is 12.1. The van der Waals surface area contributed by atoms with Crippen LogP contribution in [0.3, 0.4) is 0 Å². The van der Waals surface area contributed by atoms with Crippen LogP contribution in [-0.2, 0) is 9.53 Å². The van der Waals surface area contributed by atoms with Crippen LogP contribution in [0.15, 0.2) is 16.6 Å². The number of nitrogens with two attached hydrogens (primary N) is 1. The van der Waals surface area contributed by atoms with Crippen LogP contribution in [0.5, 0.6) is 5.75 Å². The Hall–Kier alpha value is -0.820. The predicted molar refractivity (Wildman–Crippen MR) is 88.0 cm³/mol. The minimum Gasteiger partial charge on any atom is -0.491 e. The first-order chi connectivity index (χ1) is 9.99. The average Bonchev–Trinajstić information content (AvgIpc) is 2.42. The SMILES string of the molecule is CCOc1c(Br)cc(Cl)cc1NC(=O)C(N)CCCOC. The first-order valence-electron chi connectivity index (χ1n) is 6.66. The highest BCUT2D eigenvalue weighted by Crippen LogP contribution is 2.36. The molecule has 0 spiro atoms. The molecular formula is C14H20BrClN2O3. The number of nitrogens with one attached hydrogen (secondary N) is 1. The van der Waals surface area contributed by atoms with Gasteiger partial charge < -0.3 is 20.5 Å². The van der Waals surface area contributed by atoms with E-state index in [0.29, 0.717) is 40.6 Å². The van der Waals surface area contributed by atoms with Gasteiger partial charge in [0, 0.05) is 18.7 Å². The molecule has 0 aromatic heterocycles. The molecule has 0 fully saturated rings. The van der Waals surface area contributed by atoms with Crippen LogP contribution in [-0.4, -0.2) is 32.3 Å². The number of hydrogen-bond donors (Lipinski definition) is 2. The highest BCUT2D eigenvalue weighted by atomic mass is 79.9. The number of amides is 1. The summed E-state index contributed by atoms with van der Waals surface area (Å²) >= 11 is 9.37. The quantitative estimate of drug-likeness (QED) is 0.680. The molecule has 0 aliphatic heterocycles. The Kier molecular flexibility index (Phi) is 8.03. The second-order valence-corrected chi connectivity index (χ2v) is 5.72. The summed E-state index contributed by atoms with van der Waals surface area (Å²) in [4.78, 5) is 12.1. The zero-order chi connectivity index (χ0) is 15.8. The monoisotopic (exact) mass is 378 g/mol. The van der Waals surface area contributed by atoms with Crippen molar-refractivity contribution in [2.24, 2.45) is 5.73 Å². The lowest BCUT2D eigenvalue weighted by Gasteiger charge is -2.16. The van der Waals surface area contributed by atoms with Crippen molar-refractivity contribution >= 4 is 39.1 Å². The molecule has 3 N–H and O–H groups in total. The van der Waals surface area contributed by atoms with E-state index in [1.54, 1.807) is 19.2 Å². The second-order valence-electron chi connectivity index (χ2n) is 4.43. The lowest BCUT2D eigenvalue weighted by Crippen LogP contribution is -2.35. The molecule has 1 unspecified atom stereocenters. The molecule has 0 aliphatic carbocycles. The van der Waals surface area contributed by atoms with Crippen molar-refractivity contribution in [1.82, 2.24) is 0 Å². The molecule has 118 valence electrons. The summed E-state index contributed by atoms with van der Waals surface area (Å²) in [6.45, 7) is 2.92. The van der Waals surface area contributed by atoms with Crippen molar-refractivity contribution in [3.63, 3.8) is 0 Å². The average molecular weight is 380 g/mol. The minimum atomic E-state index is -0.604. The van der Waals surface area contributed by atoms with Gasteiger partial charge in [-0.1, -0.05) is 11.6 Å². The van der Waals surface area contributed by atoms with E-state index in [1.165, 1.54) is 0 Å². The third-order valence-electron chi connectivity index (χ3n) is 2.76. The lowest BCUT2D eigenvalue weighted by atomic mass is 10.1. The summed E-state index contributed by atoms with van der Waals surface area (Å²) in [6.07, 6.45) is 1.27. The molecule has 21 heavy (non-hydrogen) atoms. The van der Waals surface area contributed by atoms with Crippen LogP contribution in [0.2, 0.25) is 5.02 Å². The highest BCUT2D eigenvalue weighted by molar-refractivity contribution is 9.10.